The van der Waals surface area contributed by atoms with Gasteiger partial charge in [-0.2, -0.15) is 0 Å². The number of nitrogens with one attached hydrogen (secondary N) is 2. The minimum Gasteiger partial charge on any atom is -0.346 e. The van der Waals surface area contributed by atoms with E-state index in [0.29, 0.717) is 0 Å². The molecule has 5 heteroatoms. The third-order valence-electron chi connectivity index (χ3n) is 4.74. The lowest BCUT2D eigenvalue weighted by atomic mass is 9.95. The van der Waals surface area contributed by atoms with Crippen LogP contribution >= 0.6 is 15.9 Å². The van der Waals surface area contributed by atoms with Crippen LogP contribution in [0.3, 0.4) is 0 Å². The second kappa shape index (κ2) is 7.00. The monoisotopic (exact) mass is 400 g/mol. The molecule has 0 spiro atoms. The van der Waals surface area contributed by atoms with Gasteiger partial charge in [-0.25, -0.2) is 0 Å². The quantitative estimate of drug-likeness (QED) is 0.800. The van der Waals surface area contributed by atoms with E-state index in [1.807, 2.05) is 56.3 Å². The zero-order valence-corrected chi connectivity index (χ0v) is 15.9. The molecule has 0 heterocycles. The van der Waals surface area contributed by atoms with Gasteiger partial charge >= 0.3 is 0 Å². The van der Waals surface area contributed by atoms with Crippen molar-refractivity contribution in [2.45, 2.75) is 32.1 Å². The summed E-state index contributed by atoms with van der Waals surface area (Å²) >= 11 is 3.41. The van der Waals surface area contributed by atoms with Gasteiger partial charge in [0.05, 0.1) is 12.0 Å². The van der Waals surface area contributed by atoms with Crippen molar-refractivity contribution in [1.29, 1.82) is 0 Å². The van der Waals surface area contributed by atoms with E-state index in [4.69, 9.17) is 0 Å². The molecule has 2 N–H and O–H groups in total. The Morgan fingerprint density at radius 3 is 2.20 bits per heavy atom. The number of anilines is 1. The SMILES string of the molecule is Cc1cccc(C)c1NC(=O)CNC(=O)C1(c2ccc(Br)cc2)CC1. The van der Waals surface area contributed by atoms with Crippen LogP contribution in [0.15, 0.2) is 46.9 Å². The van der Waals surface area contributed by atoms with Crippen LogP contribution in [-0.4, -0.2) is 18.4 Å². The Morgan fingerprint density at radius 2 is 1.64 bits per heavy atom. The van der Waals surface area contributed by atoms with E-state index in [9.17, 15) is 9.59 Å². The summed E-state index contributed by atoms with van der Waals surface area (Å²) in [6.45, 7) is 3.88. The van der Waals surface area contributed by atoms with Gasteiger partial charge in [0.1, 0.15) is 0 Å². The number of para-hydroxylation sites is 1. The van der Waals surface area contributed by atoms with Gasteiger partial charge in [0.2, 0.25) is 11.8 Å². The minimum absolute atomic E-state index is 0.0229. The summed E-state index contributed by atoms with van der Waals surface area (Å²) in [5.74, 6) is -0.288. The maximum atomic E-state index is 12.6. The molecule has 130 valence electrons. The molecule has 0 bridgehead atoms. The van der Waals surface area contributed by atoms with Gasteiger partial charge in [-0.15, -0.1) is 0 Å². The molecule has 3 rings (SSSR count). The molecular formula is C20H21BrN2O2. The molecule has 2 aromatic rings. The summed E-state index contributed by atoms with van der Waals surface area (Å²) in [4.78, 5) is 24.8. The van der Waals surface area contributed by atoms with Gasteiger partial charge in [0, 0.05) is 10.2 Å². The average molecular weight is 401 g/mol. The molecule has 2 aromatic carbocycles. The van der Waals surface area contributed by atoms with E-state index in [0.717, 1.165) is 39.7 Å². The summed E-state index contributed by atoms with van der Waals surface area (Å²) in [5.41, 5.74) is 3.36. The average Bonchev–Trinajstić information content (AvgIpc) is 3.39. The highest BCUT2D eigenvalue weighted by Crippen LogP contribution is 2.48. The van der Waals surface area contributed by atoms with Crippen LogP contribution in [-0.2, 0) is 15.0 Å². The largest absolute Gasteiger partial charge is 0.346 e. The molecule has 1 aliphatic rings. The minimum atomic E-state index is -0.473. The number of rotatable bonds is 5. The molecule has 1 fully saturated rings. The molecule has 0 aromatic heterocycles. The summed E-state index contributed by atoms with van der Waals surface area (Å²) in [6.07, 6.45) is 1.64. The number of benzene rings is 2. The first-order valence-corrected chi connectivity index (χ1v) is 9.12. The number of hydrogen-bond acceptors (Lipinski definition) is 2. The summed E-state index contributed by atoms with van der Waals surface area (Å²) < 4.78 is 0.987. The van der Waals surface area contributed by atoms with Crippen LogP contribution in [0.1, 0.15) is 29.5 Å². The lowest BCUT2D eigenvalue weighted by molar-refractivity contribution is -0.126. The third kappa shape index (κ3) is 3.76. The van der Waals surface area contributed by atoms with Gasteiger partial charge < -0.3 is 10.6 Å². The molecule has 0 aliphatic heterocycles. The maximum Gasteiger partial charge on any atom is 0.243 e. The van der Waals surface area contributed by atoms with Crippen molar-refractivity contribution in [3.8, 4) is 0 Å². The molecule has 0 radical (unpaired) electrons. The molecule has 2 amide bonds. The van der Waals surface area contributed by atoms with Gasteiger partial charge in [-0.1, -0.05) is 46.3 Å². The predicted molar refractivity (Wildman–Crippen MR) is 103 cm³/mol. The van der Waals surface area contributed by atoms with Crippen LogP contribution < -0.4 is 10.6 Å². The number of aryl methyl sites for hydroxylation is 2. The number of carbonyl (C=O) groups excluding carboxylic acids is 2. The number of amides is 2. The molecule has 25 heavy (non-hydrogen) atoms. The van der Waals surface area contributed by atoms with E-state index in [2.05, 4.69) is 26.6 Å². The van der Waals surface area contributed by atoms with Gasteiger partial charge in [-0.3, -0.25) is 9.59 Å². The fraction of sp³-hybridized carbons (Fsp3) is 0.300. The Balaban J connectivity index is 1.61. The van der Waals surface area contributed by atoms with Crippen LogP contribution in [0.4, 0.5) is 5.69 Å². The molecular weight excluding hydrogens is 380 g/mol. The smallest absolute Gasteiger partial charge is 0.243 e. The summed E-state index contributed by atoms with van der Waals surface area (Å²) in [7, 11) is 0. The van der Waals surface area contributed by atoms with E-state index < -0.39 is 5.41 Å². The van der Waals surface area contributed by atoms with Crippen molar-refractivity contribution in [1.82, 2.24) is 5.32 Å². The normalized spacial score (nSPS) is 14.7. The van der Waals surface area contributed by atoms with Gasteiger partial charge in [0.15, 0.2) is 0 Å². The van der Waals surface area contributed by atoms with Crippen molar-refractivity contribution in [3.05, 3.63) is 63.6 Å². The topological polar surface area (TPSA) is 58.2 Å². The van der Waals surface area contributed by atoms with Crippen molar-refractivity contribution >= 4 is 33.4 Å². The van der Waals surface area contributed by atoms with Crippen LogP contribution in [0.25, 0.3) is 0 Å². The zero-order chi connectivity index (χ0) is 18.0. The highest BCUT2D eigenvalue weighted by molar-refractivity contribution is 9.10. The van der Waals surface area contributed by atoms with E-state index in [1.165, 1.54) is 0 Å². The Kier molecular flexibility index (Phi) is 4.95. The van der Waals surface area contributed by atoms with E-state index >= 15 is 0 Å². The Hall–Kier alpha value is -2.14. The standard InChI is InChI=1S/C20H21BrN2O2/c1-13-4-3-5-14(2)18(13)23-17(24)12-22-19(25)20(10-11-20)15-6-8-16(21)9-7-15/h3-9H,10-12H2,1-2H3,(H,22,25)(H,23,24). The second-order valence-electron chi connectivity index (χ2n) is 6.59. The lowest BCUT2D eigenvalue weighted by Crippen LogP contribution is -2.39. The first-order valence-electron chi connectivity index (χ1n) is 8.33. The Bertz CT molecular complexity index is 791. The van der Waals surface area contributed by atoms with E-state index in [-0.39, 0.29) is 18.4 Å². The molecule has 0 atom stereocenters. The fourth-order valence-electron chi connectivity index (χ4n) is 3.07. The second-order valence-corrected chi connectivity index (χ2v) is 7.50. The lowest BCUT2D eigenvalue weighted by Gasteiger charge is -2.16. The van der Waals surface area contributed by atoms with E-state index in [1.54, 1.807) is 0 Å². The van der Waals surface area contributed by atoms with Crippen LogP contribution in [0.2, 0.25) is 0 Å². The van der Waals surface area contributed by atoms with Crippen molar-refractivity contribution < 1.29 is 9.59 Å². The van der Waals surface area contributed by atoms with Crippen LogP contribution in [0.5, 0.6) is 0 Å². The van der Waals surface area contributed by atoms with Crippen molar-refractivity contribution in [3.63, 3.8) is 0 Å². The Labute approximate surface area is 156 Å². The highest BCUT2D eigenvalue weighted by Gasteiger charge is 2.51. The third-order valence-corrected chi connectivity index (χ3v) is 5.27. The first-order chi connectivity index (χ1) is 11.9. The molecule has 0 saturated heterocycles. The first kappa shape index (κ1) is 17.7. The molecule has 1 saturated carbocycles. The Morgan fingerprint density at radius 1 is 1.04 bits per heavy atom. The predicted octanol–water partition coefficient (Wildman–Crippen LogP) is 3.85. The summed E-state index contributed by atoms with van der Waals surface area (Å²) in [6, 6.07) is 13.7. The van der Waals surface area contributed by atoms with Gasteiger partial charge in [-0.05, 0) is 55.5 Å². The fourth-order valence-corrected chi connectivity index (χ4v) is 3.33. The molecule has 0 unspecified atom stereocenters. The summed E-state index contributed by atoms with van der Waals surface area (Å²) in [5, 5.41) is 5.69. The van der Waals surface area contributed by atoms with Crippen molar-refractivity contribution in [2.24, 2.45) is 0 Å². The zero-order valence-electron chi connectivity index (χ0n) is 14.4. The molecule has 4 nitrogen and oxygen atoms in total. The highest BCUT2D eigenvalue weighted by atomic mass is 79.9. The number of carbonyl (C=O) groups is 2. The van der Waals surface area contributed by atoms with Gasteiger partial charge in [0.25, 0.3) is 0 Å². The van der Waals surface area contributed by atoms with Crippen LogP contribution in [0, 0.1) is 13.8 Å². The maximum absolute atomic E-state index is 12.6. The number of hydrogen-bond donors (Lipinski definition) is 2. The molecule has 1 aliphatic carbocycles. The van der Waals surface area contributed by atoms with Crippen molar-refractivity contribution in [2.75, 3.05) is 11.9 Å². The number of halogens is 1.